The summed E-state index contributed by atoms with van der Waals surface area (Å²) in [7, 11) is 1.64. The van der Waals surface area contributed by atoms with Crippen LogP contribution in [0.25, 0.3) is 10.2 Å². The zero-order valence-corrected chi connectivity index (χ0v) is 18.7. The maximum atomic E-state index is 13.6. The van der Waals surface area contributed by atoms with Crippen molar-refractivity contribution in [2.45, 2.75) is 6.10 Å². The lowest BCUT2D eigenvalue weighted by Crippen LogP contribution is -2.49. The molecule has 1 saturated heterocycles. The number of ether oxygens (including phenoxy) is 4. The van der Waals surface area contributed by atoms with Crippen LogP contribution < -0.4 is 19.1 Å². The van der Waals surface area contributed by atoms with E-state index in [-0.39, 0.29) is 12.5 Å². The summed E-state index contributed by atoms with van der Waals surface area (Å²) in [6, 6.07) is 13.1. The lowest BCUT2D eigenvalue weighted by atomic mass is 10.2. The predicted molar refractivity (Wildman–Crippen MR) is 122 cm³/mol. The van der Waals surface area contributed by atoms with E-state index in [0.717, 1.165) is 35.6 Å². The van der Waals surface area contributed by atoms with Crippen LogP contribution in [0.3, 0.4) is 0 Å². The molecule has 1 atom stereocenters. The maximum absolute atomic E-state index is 13.6. The number of para-hydroxylation sites is 2. The van der Waals surface area contributed by atoms with Crippen LogP contribution in [0.5, 0.6) is 17.2 Å². The minimum Gasteiger partial charge on any atom is -0.497 e. The summed E-state index contributed by atoms with van der Waals surface area (Å²) in [4.78, 5) is 22.4. The number of benzene rings is 2. The summed E-state index contributed by atoms with van der Waals surface area (Å²) in [6.45, 7) is 4.56. The van der Waals surface area contributed by atoms with Crippen LogP contribution in [-0.4, -0.2) is 75.0 Å². The number of anilines is 1. The van der Waals surface area contributed by atoms with Gasteiger partial charge in [-0.1, -0.05) is 23.5 Å². The highest BCUT2D eigenvalue weighted by molar-refractivity contribution is 7.22. The summed E-state index contributed by atoms with van der Waals surface area (Å²) in [5, 5.41) is 0.647. The molecule has 1 unspecified atom stereocenters. The molecule has 0 spiro atoms. The van der Waals surface area contributed by atoms with Crippen LogP contribution in [0.1, 0.15) is 0 Å². The van der Waals surface area contributed by atoms with Crippen molar-refractivity contribution in [2.75, 3.05) is 58.0 Å². The van der Waals surface area contributed by atoms with Crippen molar-refractivity contribution < 1.29 is 23.7 Å². The Morgan fingerprint density at radius 3 is 2.84 bits per heavy atom. The van der Waals surface area contributed by atoms with Gasteiger partial charge in [-0.05, 0) is 30.3 Å². The number of nitrogens with zero attached hydrogens (tertiary/aromatic N) is 3. The van der Waals surface area contributed by atoms with Crippen molar-refractivity contribution in [3.05, 3.63) is 42.5 Å². The van der Waals surface area contributed by atoms with Gasteiger partial charge in [0.25, 0.3) is 5.91 Å². The molecule has 2 aliphatic rings. The third kappa shape index (κ3) is 4.36. The van der Waals surface area contributed by atoms with Crippen molar-refractivity contribution in [3.8, 4) is 17.2 Å². The molecule has 5 rings (SSSR count). The largest absolute Gasteiger partial charge is 0.497 e. The molecule has 32 heavy (non-hydrogen) atoms. The second-order valence-corrected chi connectivity index (χ2v) is 8.65. The molecule has 1 amide bonds. The van der Waals surface area contributed by atoms with Crippen molar-refractivity contribution in [3.63, 3.8) is 0 Å². The quantitative estimate of drug-likeness (QED) is 0.566. The number of fused-ring (bicyclic) bond motifs is 2. The Morgan fingerprint density at radius 2 is 2.03 bits per heavy atom. The van der Waals surface area contributed by atoms with E-state index in [1.54, 1.807) is 12.0 Å². The number of morpholine rings is 1. The molecule has 3 heterocycles. The summed E-state index contributed by atoms with van der Waals surface area (Å²) >= 11 is 1.47. The van der Waals surface area contributed by atoms with Crippen LogP contribution in [0, 0.1) is 0 Å². The molecule has 0 aliphatic carbocycles. The monoisotopic (exact) mass is 455 g/mol. The van der Waals surface area contributed by atoms with Gasteiger partial charge in [-0.15, -0.1) is 0 Å². The molecule has 3 aromatic rings. The van der Waals surface area contributed by atoms with E-state index in [4.69, 9.17) is 23.9 Å². The molecular weight excluding hydrogens is 430 g/mol. The second kappa shape index (κ2) is 9.32. The van der Waals surface area contributed by atoms with Gasteiger partial charge >= 0.3 is 0 Å². The summed E-state index contributed by atoms with van der Waals surface area (Å²) < 4.78 is 23.6. The highest BCUT2D eigenvalue weighted by Crippen LogP contribution is 2.34. The molecule has 0 saturated carbocycles. The van der Waals surface area contributed by atoms with Gasteiger partial charge in [0.1, 0.15) is 12.4 Å². The minimum atomic E-state index is -0.726. The first-order chi connectivity index (χ1) is 15.7. The molecule has 0 bridgehead atoms. The number of hydrogen-bond donors (Lipinski definition) is 0. The molecule has 8 nitrogen and oxygen atoms in total. The van der Waals surface area contributed by atoms with Crippen molar-refractivity contribution in [1.82, 2.24) is 9.88 Å². The minimum absolute atomic E-state index is 0.154. The van der Waals surface area contributed by atoms with E-state index in [1.807, 2.05) is 42.5 Å². The standard InChI is InChI=1S/C23H25N3O5S/c1-28-16-6-7-17-21(14-16)32-23(24-17)26(9-8-25-10-12-29-13-11-25)22(27)20-15-30-18-4-2-3-5-19(18)31-20/h2-7,14,20H,8-13,15H2,1H3. The average Bonchev–Trinajstić information content (AvgIpc) is 3.27. The van der Waals surface area contributed by atoms with Crippen LogP contribution in [-0.2, 0) is 9.53 Å². The second-order valence-electron chi connectivity index (χ2n) is 7.64. The van der Waals surface area contributed by atoms with Gasteiger partial charge in [-0.3, -0.25) is 14.6 Å². The molecule has 168 valence electrons. The summed E-state index contributed by atoms with van der Waals surface area (Å²) in [5.74, 6) is 1.85. The van der Waals surface area contributed by atoms with Crippen LogP contribution >= 0.6 is 11.3 Å². The fourth-order valence-electron chi connectivity index (χ4n) is 3.82. The molecule has 9 heteroatoms. The Morgan fingerprint density at radius 1 is 1.22 bits per heavy atom. The molecule has 0 radical (unpaired) electrons. The van der Waals surface area contributed by atoms with E-state index in [1.165, 1.54) is 11.3 Å². The van der Waals surface area contributed by atoms with E-state index in [9.17, 15) is 4.79 Å². The maximum Gasteiger partial charge on any atom is 0.273 e. The Labute approximate surface area is 190 Å². The highest BCUT2D eigenvalue weighted by atomic mass is 32.1. The molecular formula is C23H25N3O5S. The normalized spacial score (nSPS) is 18.5. The third-order valence-corrected chi connectivity index (χ3v) is 6.65. The van der Waals surface area contributed by atoms with E-state index < -0.39 is 6.10 Å². The number of hydrogen-bond acceptors (Lipinski definition) is 8. The lowest BCUT2D eigenvalue weighted by Gasteiger charge is -2.32. The fourth-order valence-corrected chi connectivity index (χ4v) is 4.84. The molecule has 2 aromatic carbocycles. The molecule has 0 N–H and O–H groups in total. The predicted octanol–water partition coefficient (Wildman–Crippen LogP) is 2.81. The number of amides is 1. The average molecular weight is 456 g/mol. The van der Waals surface area contributed by atoms with Gasteiger partial charge in [0.15, 0.2) is 16.6 Å². The number of thiazole rings is 1. The van der Waals surface area contributed by atoms with E-state index >= 15 is 0 Å². The van der Waals surface area contributed by atoms with E-state index in [0.29, 0.717) is 36.4 Å². The zero-order chi connectivity index (χ0) is 21.9. The zero-order valence-electron chi connectivity index (χ0n) is 17.9. The third-order valence-electron chi connectivity index (χ3n) is 5.61. The Hall–Kier alpha value is -2.88. The smallest absolute Gasteiger partial charge is 0.273 e. The number of aromatic nitrogens is 1. The van der Waals surface area contributed by atoms with Crippen LogP contribution in [0.4, 0.5) is 5.13 Å². The lowest BCUT2D eigenvalue weighted by molar-refractivity contribution is -0.127. The molecule has 2 aliphatic heterocycles. The number of rotatable bonds is 6. The number of methoxy groups -OCH3 is 1. The topological polar surface area (TPSA) is 73.4 Å². The Kier molecular flexibility index (Phi) is 6.11. The van der Waals surface area contributed by atoms with Crippen molar-refractivity contribution >= 4 is 32.6 Å². The van der Waals surface area contributed by atoms with Crippen LogP contribution in [0.15, 0.2) is 42.5 Å². The van der Waals surface area contributed by atoms with Crippen LogP contribution in [0.2, 0.25) is 0 Å². The Bertz CT molecular complexity index is 1100. The van der Waals surface area contributed by atoms with Crippen molar-refractivity contribution in [1.29, 1.82) is 0 Å². The van der Waals surface area contributed by atoms with E-state index in [2.05, 4.69) is 4.90 Å². The van der Waals surface area contributed by atoms with Gasteiger partial charge in [0, 0.05) is 26.2 Å². The first-order valence-corrected chi connectivity index (χ1v) is 11.5. The van der Waals surface area contributed by atoms with Gasteiger partial charge in [-0.2, -0.15) is 0 Å². The summed E-state index contributed by atoms with van der Waals surface area (Å²) in [5.41, 5.74) is 0.834. The fraction of sp³-hybridized carbons (Fsp3) is 0.391. The first kappa shape index (κ1) is 21.0. The molecule has 1 aromatic heterocycles. The van der Waals surface area contributed by atoms with Gasteiger partial charge in [0.05, 0.1) is 30.5 Å². The Balaban J connectivity index is 1.40. The first-order valence-electron chi connectivity index (χ1n) is 10.7. The highest BCUT2D eigenvalue weighted by Gasteiger charge is 2.33. The number of carbonyl (C=O) groups is 1. The number of carbonyl (C=O) groups excluding carboxylic acids is 1. The molecule has 1 fully saturated rings. The van der Waals surface area contributed by atoms with Crippen molar-refractivity contribution in [2.24, 2.45) is 0 Å². The van der Waals surface area contributed by atoms with Gasteiger partial charge < -0.3 is 18.9 Å². The summed E-state index contributed by atoms with van der Waals surface area (Å²) in [6.07, 6.45) is -0.726. The SMILES string of the molecule is COc1ccc2nc(N(CCN3CCOCC3)C(=O)C3COc4ccccc4O3)sc2c1. The van der Waals surface area contributed by atoms with Gasteiger partial charge in [0.2, 0.25) is 6.10 Å². The van der Waals surface area contributed by atoms with Gasteiger partial charge in [-0.25, -0.2) is 4.98 Å².